The molecule has 2 unspecified atom stereocenters. The average molecular weight is 268 g/mol. The van der Waals surface area contributed by atoms with Crippen LogP contribution in [0, 0.1) is 18.7 Å². The Morgan fingerprint density at radius 1 is 1.42 bits per heavy atom. The van der Waals surface area contributed by atoms with Crippen LogP contribution in [0.5, 0.6) is 0 Å². The number of rotatable bonds is 5. The van der Waals surface area contributed by atoms with Crippen LogP contribution in [0.25, 0.3) is 0 Å². The molecule has 5 heteroatoms. The summed E-state index contributed by atoms with van der Waals surface area (Å²) in [7, 11) is 0. The number of aliphatic hydroxyl groups excluding tert-OH is 1. The van der Waals surface area contributed by atoms with E-state index < -0.39 is 0 Å². The van der Waals surface area contributed by atoms with Gasteiger partial charge in [0, 0.05) is 12.2 Å². The molecule has 0 bridgehead atoms. The molecule has 0 radical (unpaired) electrons. The number of halogens is 1. The van der Waals surface area contributed by atoms with Crippen molar-refractivity contribution in [3.05, 3.63) is 29.6 Å². The SMILES string of the molecule is Cc1cc(F)ccc1NC(=O)NCC(C)CC(C)O. The zero-order valence-corrected chi connectivity index (χ0v) is 11.5. The van der Waals surface area contributed by atoms with Crippen LogP contribution in [0.3, 0.4) is 0 Å². The maximum absolute atomic E-state index is 12.9. The summed E-state index contributed by atoms with van der Waals surface area (Å²) in [5, 5.41) is 14.6. The first-order chi connectivity index (χ1) is 8.88. The van der Waals surface area contributed by atoms with E-state index in [0.29, 0.717) is 24.2 Å². The molecule has 106 valence electrons. The number of hydrogen-bond donors (Lipinski definition) is 3. The normalized spacial score (nSPS) is 13.7. The second-order valence-electron chi connectivity index (χ2n) is 4.98. The predicted molar refractivity (Wildman–Crippen MR) is 73.6 cm³/mol. The lowest BCUT2D eigenvalue weighted by Gasteiger charge is -2.15. The molecule has 4 nitrogen and oxygen atoms in total. The highest BCUT2D eigenvalue weighted by Crippen LogP contribution is 2.15. The number of amides is 2. The molecule has 3 N–H and O–H groups in total. The molecular formula is C14H21FN2O2. The standard InChI is InChI=1S/C14H21FN2O2/c1-9(6-11(3)18)8-16-14(19)17-13-5-4-12(15)7-10(13)2/h4-5,7,9,11,18H,6,8H2,1-3H3,(H2,16,17,19). The van der Waals surface area contributed by atoms with Gasteiger partial charge >= 0.3 is 6.03 Å². The van der Waals surface area contributed by atoms with Crippen molar-refractivity contribution in [2.75, 3.05) is 11.9 Å². The third-order valence-electron chi connectivity index (χ3n) is 2.79. The molecule has 0 aromatic heterocycles. The molecule has 2 atom stereocenters. The van der Waals surface area contributed by atoms with Gasteiger partial charge in [-0.3, -0.25) is 0 Å². The Morgan fingerprint density at radius 3 is 2.68 bits per heavy atom. The first-order valence-electron chi connectivity index (χ1n) is 6.37. The van der Waals surface area contributed by atoms with Crippen molar-refractivity contribution in [3.63, 3.8) is 0 Å². The van der Waals surface area contributed by atoms with Crippen LogP contribution in [0.2, 0.25) is 0 Å². The van der Waals surface area contributed by atoms with Gasteiger partial charge in [0.2, 0.25) is 0 Å². The fourth-order valence-electron chi connectivity index (χ4n) is 1.87. The van der Waals surface area contributed by atoms with Crippen molar-refractivity contribution < 1.29 is 14.3 Å². The fourth-order valence-corrected chi connectivity index (χ4v) is 1.87. The molecule has 1 rings (SSSR count). The van der Waals surface area contributed by atoms with Gasteiger partial charge in [-0.2, -0.15) is 0 Å². The number of aryl methyl sites for hydroxylation is 1. The number of nitrogens with one attached hydrogen (secondary N) is 2. The highest BCUT2D eigenvalue weighted by Gasteiger charge is 2.09. The maximum Gasteiger partial charge on any atom is 0.319 e. The molecule has 1 aromatic carbocycles. The van der Waals surface area contributed by atoms with Crippen molar-refractivity contribution in [3.8, 4) is 0 Å². The number of urea groups is 1. The van der Waals surface area contributed by atoms with Crippen molar-refractivity contribution in [2.24, 2.45) is 5.92 Å². The number of hydrogen-bond acceptors (Lipinski definition) is 2. The number of aliphatic hydroxyl groups is 1. The van der Waals surface area contributed by atoms with Crippen LogP contribution >= 0.6 is 0 Å². The quantitative estimate of drug-likeness (QED) is 0.769. The molecule has 0 spiro atoms. The minimum atomic E-state index is -0.376. The number of anilines is 1. The zero-order chi connectivity index (χ0) is 14.4. The summed E-state index contributed by atoms with van der Waals surface area (Å²) in [6.45, 7) is 5.89. The number of carbonyl (C=O) groups is 1. The minimum absolute atomic E-state index is 0.195. The first-order valence-corrected chi connectivity index (χ1v) is 6.37. The minimum Gasteiger partial charge on any atom is -0.393 e. The van der Waals surface area contributed by atoms with Crippen LogP contribution in [-0.4, -0.2) is 23.8 Å². The van der Waals surface area contributed by atoms with E-state index in [1.165, 1.54) is 18.2 Å². The van der Waals surface area contributed by atoms with Gasteiger partial charge in [0.05, 0.1) is 6.10 Å². The second-order valence-corrected chi connectivity index (χ2v) is 4.98. The lowest BCUT2D eigenvalue weighted by molar-refractivity contribution is 0.163. The number of benzene rings is 1. The summed E-state index contributed by atoms with van der Waals surface area (Å²) in [6, 6.07) is 3.88. The summed E-state index contributed by atoms with van der Waals surface area (Å²) in [4.78, 5) is 11.7. The summed E-state index contributed by atoms with van der Waals surface area (Å²) in [5.41, 5.74) is 1.26. The van der Waals surface area contributed by atoms with Gasteiger partial charge in [-0.15, -0.1) is 0 Å². The smallest absolute Gasteiger partial charge is 0.319 e. The highest BCUT2D eigenvalue weighted by atomic mass is 19.1. The van der Waals surface area contributed by atoms with Gasteiger partial charge in [0.25, 0.3) is 0 Å². The molecule has 0 saturated heterocycles. The summed E-state index contributed by atoms with van der Waals surface area (Å²) < 4.78 is 12.9. The fraction of sp³-hybridized carbons (Fsp3) is 0.500. The Balaban J connectivity index is 2.43. The van der Waals surface area contributed by atoms with Gasteiger partial charge in [-0.25, -0.2) is 9.18 Å². The molecule has 0 saturated carbocycles. The van der Waals surface area contributed by atoms with E-state index >= 15 is 0 Å². The Kier molecular flexibility index (Phi) is 5.76. The molecule has 0 fully saturated rings. The number of carbonyl (C=O) groups excluding carboxylic acids is 1. The molecule has 0 aliphatic rings. The lowest BCUT2D eigenvalue weighted by atomic mass is 10.1. The van der Waals surface area contributed by atoms with E-state index in [-0.39, 0.29) is 23.9 Å². The van der Waals surface area contributed by atoms with Gasteiger partial charge in [0.15, 0.2) is 0 Å². The van der Waals surface area contributed by atoms with Gasteiger partial charge in [-0.05, 0) is 49.9 Å². The molecular weight excluding hydrogens is 247 g/mol. The first kappa shape index (κ1) is 15.4. The molecule has 0 heterocycles. The van der Waals surface area contributed by atoms with Gasteiger partial charge < -0.3 is 15.7 Å². The Morgan fingerprint density at radius 2 is 2.11 bits per heavy atom. The highest BCUT2D eigenvalue weighted by molar-refractivity contribution is 5.89. The van der Waals surface area contributed by atoms with E-state index in [1.807, 2.05) is 6.92 Å². The topological polar surface area (TPSA) is 61.4 Å². The van der Waals surface area contributed by atoms with Crippen LogP contribution < -0.4 is 10.6 Å². The van der Waals surface area contributed by atoms with Gasteiger partial charge in [0.1, 0.15) is 5.82 Å². The van der Waals surface area contributed by atoms with E-state index in [4.69, 9.17) is 0 Å². The van der Waals surface area contributed by atoms with Crippen LogP contribution in [0.15, 0.2) is 18.2 Å². The monoisotopic (exact) mass is 268 g/mol. The van der Waals surface area contributed by atoms with E-state index in [9.17, 15) is 14.3 Å². The Bertz CT molecular complexity index is 435. The summed E-state index contributed by atoms with van der Waals surface area (Å²) >= 11 is 0. The van der Waals surface area contributed by atoms with E-state index in [1.54, 1.807) is 13.8 Å². The predicted octanol–water partition coefficient (Wildman–Crippen LogP) is 2.66. The Hall–Kier alpha value is -1.62. The Labute approximate surface area is 113 Å². The second kappa shape index (κ2) is 7.09. The third kappa shape index (κ3) is 5.70. The van der Waals surface area contributed by atoms with Crippen molar-refractivity contribution in [2.45, 2.75) is 33.3 Å². The molecule has 0 aliphatic heterocycles. The van der Waals surface area contributed by atoms with Crippen molar-refractivity contribution in [1.82, 2.24) is 5.32 Å². The van der Waals surface area contributed by atoms with Crippen LogP contribution in [0.4, 0.5) is 14.9 Å². The van der Waals surface area contributed by atoms with Crippen LogP contribution in [-0.2, 0) is 0 Å². The molecule has 2 amide bonds. The zero-order valence-electron chi connectivity index (χ0n) is 11.5. The van der Waals surface area contributed by atoms with Crippen molar-refractivity contribution in [1.29, 1.82) is 0 Å². The van der Waals surface area contributed by atoms with Gasteiger partial charge in [-0.1, -0.05) is 6.92 Å². The third-order valence-corrected chi connectivity index (χ3v) is 2.79. The molecule has 1 aromatic rings. The summed E-state index contributed by atoms with van der Waals surface area (Å²) in [5.74, 6) is -0.130. The van der Waals surface area contributed by atoms with Crippen molar-refractivity contribution >= 4 is 11.7 Å². The molecule has 19 heavy (non-hydrogen) atoms. The van der Waals surface area contributed by atoms with Crippen LogP contribution in [0.1, 0.15) is 25.8 Å². The lowest BCUT2D eigenvalue weighted by Crippen LogP contribution is -2.33. The van der Waals surface area contributed by atoms with E-state index in [0.717, 1.165) is 0 Å². The summed E-state index contributed by atoms with van der Waals surface area (Å²) in [6.07, 6.45) is 0.259. The molecule has 0 aliphatic carbocycles. The average Bonchev–Trinajstić information content (AvgIpc) is 2.29. The van der Waals surface area contributed by atoms with E-state index in [2.05, 4.69) is 10.6 Å². The maximum atomic E-state index is 12.9. The largest absolute Gasteiger partial charge is 0.393 e.